The molecule has 0 radical (unpaired) electrons. The summed E-state index contributed by atoms with van der Waals surface area (Å²) in [4.78, 5) is 15.7. The number of pyridine rings is 1. The normalized spacial score (nSPS) is 16.7. The molecule has 0 fully saturated rings. The largest absolute Gasteiger partial charge is 0.474 e. The standard InChI is InChI=1S/C19H19F3N2O2/c1-10-3-5-12(15(20)7-10)14-8-16(17(23)25)24-18-13(14)6-4-11(26-18)9-19(2,21)22/h3,5,7-8,11H,4,6,9H2,1-2H3,(H2,23,25)/t11-/m0/s1. The molecule has 1 atom stereocenters. The van der Waals surface area contributed by atoms with Crippen molar-refractivity contribution in [3.05, 3.63) is 46.9 Å². The van der Waals surface area contributed by atoms with Gasteiger partial charge in [-0.1, -0.05) is 12.1 Å². The van der Waals surface area contributed by atoms with Crippen LogP contribution in [0.5, 0.6) is 5.88 Å². The predicted octanol–water partition coefficient (Wildman–Crippen LogP) is 4.03. The number of halogens is 3. The van der Waals surface area contributed by atoms with Crippen molar-refractivity contribution < 1.29 is 22.7 Å². The number of hydrogen-bond donors (Lipinski definition) is 1. The van der Waals surface area contributed by atoms with E-state index >= 15 is 0 Å². The maximum absolute atomic E-state index is 14.5. The van der Waals surface area contributed by atoms with Crippen molar-refractivity contribution in [3.8, 4) is 17.0 Å². The fourth-order valence-corrected chi connectivity index (χ4v) is 3.16. The molecule has 138 valence electrons. The number of primary amides is 1. The molecular weight excluding hydrogens is 345 g/mol. The Morgan fingerprint density at radius 2 is 2.08 bits per heavy atom. The molecule has 0 aliphatic carbocycles. The molecule has 0 saturated heterocycles. The molecule has 3 rings (SSSR count). The molecule has 0 bridgehead atoms. The van der Waals surface area contributed by atoms with Gasteiger partial charge in [-0.2, -0.15) is 0 Å². The van der Waals surface area contributed by atoms with Crippen molar-refractivity contribution in [1.29, 1.82) is 0 Å². The highest BCUT2D eigenvalue weighted by Crippen LogP contribution is 2.38. The van der Waals surface area contributed by atoms with Gasteiger partial charge in [0.2, 0.25) is 11.8 Å². The molecule has 2 N–H and O–H groups in total. The highest BCUT2D eigenvalue weighted by atomic mass is 19.3. The summed E-state index contributed by atoms with van der Waals surface area (Å²) in [6, 6.07) is 6.17. The van der Waals surface area contributed by atoms with E-state index in [0.29, 0.717) is 29.5 Å². The topological polar surface area (TPSA) is 65.2 Å². The van der Waals surface area contributed by atoms with Gasteiger partial charge in [0.15, 0.2) is 0 Å². The number of fused-ring (bicyclic) bond motifs is 1. The molecule has 1 aliphatic heterocycles. The smallest absolute Gasteiger partial charge is 0.267 e. The van der Waals surface area contributed by atoms with Crippen LogP contribution in [-0.4, -0.2) is 22.9 Å². The molecule has 26 heavy (non-hydrogen) atoms. The van der Waals surface area contributed by atoms with E-state index in [9.17, 15) is 18.0 Å². The molecule has 2 aromatic rings. The SMILES string of the molecule is Cc1ccc(-c2cc(C(N)=O)nc3c2CC[C@@H](CC(C)(F)F)O3)c(F)c1. The number of carbonyl (C=O) groups excluding carboxylic acids is 1. The van der Waals surface area contributed by atoms with Crippen molar-refractivity contribution in [1.82, 2.24) is 4.98 Å². The van der Waals surface area contributed by atoms with Gasteiger partial charge >= 0.3 is 0 Å². The van der Waals surface area contributed by atoms with Crippen LogP contribution in [0.15, 0.2) is 24.3 Å². The van der Waals surface area contributed by atoms with E-state index in [2.05, 4.69) is 4.98 Å². The summed E-state index contributed by atoms with van der Waals surface area (Å²) in [7, 11) is 0. The molecular formula is C19H19F3N2O2. The van der Waals surface area contributed by atoms with Crippen molar-refractivity contribution in [3.63, 3.8) is 0 Å². The first-order valence-electron chi connectivity index (χ1n) is 8.29. The van der Waals surface area contributed by atoms with Crippen LogP contribution in [0, 0.1) is 12.7 Å². The number of amides is 1. The molecule has 1 aliphatic rings. The monoisotopic (exact) mass is 364 g/mol. The first-order valence-corrected chi connectivity index (χ1v) is 8.29. The van der Waals surface area contributed by atoms with Gasteiger partial charge in [0.05, 0.1) is 0 Å². The molecule has 0 unspecified atom stereocenters. The third kappa shape index (κ3) is 3.81. The van der Waals surface area contributed by atoms with Gasteiger partial charge in [0.25, 0.3) is 5.91 Å². The minimum atomic E-state index is -2.88. The zero-order valence-electron chi connectivity index (χ0n) is 14.5. The van der Waals surface area contributed by atoms with Gasteiger partial charge in [-0.25, -0.2) is 18.2 Å². The summed E-state index contributed by atoms with van der Waals surface area (Å²) in [5, 5.41) is 0. The quantitative estimate of drug-likeness (QED) is 0.891. The van der Waals surface area contributed by atoms with Crippen molar-refractivity contribution in [2.75, 3.05) is 0 Å². The van der Waals surface area contributed by atoms with E-state index in [-0.39, 0.29) is 11.6 Å². The Bertz CT molecular complexity index is 863. The molecule has 0 saturated carbocycles. The number of hydrogen-bond acceptors (Lipinski definition) is 3. The molecule has 1 aromatic carbocycles. The Hall–Kier alpha value is -2.57. The second-order valence-corrected chi connectivity index (χ2v) is 6.74. The van der Waals surface area contributed by atoms with Crippen LogP contribution < -0.4 is 10.5 Å². The number of aryl methyl sites for hydroxylation is 1. The maximum atomic E-state index is 14.5. The van der Waals surface area contributed by atoms with E-state index in [1.807, 2.05) is 0 Å². The van der Waals surface area contributed by atoms with Gasteiger partial charge < -0.3 is 10.5 Å². The van der Waals surface area contributed by atoms with Gasteiger partial charge in [-0.15, -0.1) is 0 Å². The number of nitrogens with zero attached hydrogens (tertiary/aromatic N) is 1. The minimum absolute atomic E-state index is 0.0665. The number of aromatic nitrogens is 1. The van der Waals surface area contributed by atoms with E-state index in [4.69, 9.17) is 10.5 Å². The second-order valence-electron chi connectivity index (χ2n) is 6.74. The van der Waals surface area contributed by atoms with Gasteiger partial charge in [0, 0.05) is 17.5 Å². The number of alkyl halides is 2. The average molecular weight is 364 g/mol. The molecule has 2 heterocycles. The van der Waals surface area contributed by atoms with Crippen LogP contribution in [0.3, 0.4) is 0 Å². The Morgan fingerprint density at radius 3 is 2.69 bits per heavy atom. The first-order chi connectivity index (χ1) is 12.1. The predicted molar refractivity (Wildman–Crippen MR) is 90.9 cm³/mol. The van der Waals surface area contributed by atoms with E-state index in [0.717, 1.165) is 12.5 Å². The third-order valence-electron chi connectivity index (χ3n) is 4.33. The van der Waals surface area contributed by atoms with Crippen LogP contribution in [0.1, 0.15) is 41.4 Å². The fraction of sp³-hybridized carbons (Fsp3) is 0.368. The average Bonchev–Trinajstić information content (AvgIpc) is 2.52. The van der Waals surface area contributed by atoms with E-state index < -0.39 is 30.2 Å². The summed E-state index contributed by atoms with van der Waals surface area (Å²) in [5.74, 6) is -4.06. The molecule has 4 nitrogen and oxygen atoms in total. The second kappa shape index (κ2) is 6.63. The van der Waals surface area contributed by atoms with Crippen molar-refractivity contribution >= 4 is 5.91 Å². The highest BCUT2D eigenvalue weighted by molar-refractivity contribution is 5.93. The lowest BCUT2D eigenvalue weighted by atomic mass is 9.92. The van der Waals surface area contributed by atoms with Gasteiger partial charge in [-0.05, 0) is 49.9 Å². The Labute approximate surface area is 149 Å². The summed E-state index contributed by atoms with van der Waals surface area (Å²) >= 11 is 0. The summed E-state index contributed by atoms with van der Waals surface area (Å²) < 4.78 is 46.7. The first kappa shape index (κ1) is 18.2. The molecule has 1 aromatic heterocycles. The maximum Gasteiger partial charge on any atom is 0.267 e. The summed E-state index contributed by atoms with van der Waals surface area (Å²) in [6.07, 6.45) is -0.434. The Balaban J connectivity index is 2.08. The zero-order valence-corrected chi connectivity index (χ0v) is 14.5. The molecule has 0 spiro atoms. The van der Waals surface area contributed by atoms with Crippen molar-refractivity contribution in [2.45, 2.75) is 45.1 Å². The minimum Gasteiger partial charge on any atom is -0.474 e. The Morgan fingerprint density at radius 1 is 1.35 bits per heavy atom. The van der Waals surface area contributed by atoms with Gasteiger partial charge in [0.1, 0.15) is 17.6 Å². The third-order valence-corrected chi connectivity index (χ3v) is 4.33. The van der Waals surface area contributed by atoms with Crippen LogP contribution >= 0.6 is 0 Å². The number of nitrogens with two attached hydrogens (primary N) is 1. The van der Waals surface area contributed by atoms with Crippen molar-refractivity contribution in [2.24, 2.45) is 5.73 Å². The van der Waals surface area contributed by atoms with Crippen LogP contribution in [0.4, 0.5) is 13.2 Å². The number of ether oxygens (including phenoxy) is 1. The molecule has 7 heteroatoms. The highest BCUT2D eigenvalue weighted by Gasteiger charge is 2.33. The number of carbonyl (C=O) groups is 1. The Kier molecular flexibility index (Phi) is 4.64. The lowest BCUT2D eigenvalue weighted by molar-refractivity contribution is -0.0265. The fourth-order valence-electron chi connectivity index (χ4n) is 3.16. The zero-order chi connectivity index (χ0) is 19.1. The lowest BCUT2D eigenvalue weighted by Crippen LogP contribution is -2.30. The summed E-state index contributed by atoms with van der Waals surface area (Å²) in [5.41, 5.74) is 7.31. The summed E-state index contributed by atoms with van der Waals surface area (Å²) in [6.45, 7) is 2.59. The van der Waals surface area contributed by atoms with Crippen LogP contribution in [0.25, 0.3) is 11.1 Å². The number of benzene rings is 1. The number of rotatable bonds is 4. The van der Waals surface area contributed by atoms with E-state index in [1.54, 1.807) is 19.1 Å². The van der Waals surface area contributed by atoms with Crippen LogP contribution in [-0.2, 0) is 6.42 Å². The van der Waals surface area contributed by atoms with Gasteiger partial charge in [-0.3, -0.25) is 4.79 Å². The van der Waals surface area contributed by atoms with E-state index in [1.165, 1.54) is 12.1 Å². The van der Waals surface area contributed by atoms with Crippen LogP contribution in [0.2, 0.25) is 0 Å². The lowest BCUT2D eigenvalue weighted by Gasteiger charge is -2.28. The molecule has 1 amide bonds.